The summed E-state index contributed by atoms with van der Waals surface area (Å²) in [5, 5.41) is 3.42. The average Bonchev–Trinajstić information content (AvgIpc) is 3.04. The van der Waals surface area contributed by atoms with Crippen molar-refractivity contribution < 1.29 is 4.74 Å². The molecule has 0 bridgehead atoms. The third-order valence-electron chi connectivity index (χ3n) is 4.44. The summed E-state index contributed by atoms with van der Waals surface area (Å²) < 4.78 is 11.5. The molecule has 0 radical (unpaired) electrons. The van der Waals surface area contributed by atoms with E-state index in [1.165, 1.54) is 22.7 Å². The molecule has 1 unspecified atom stereocenters. The lowest BCUT2D eigenvalue weighted by Crippen LogP contribution is -2.44. The number of hydrogen-bond acceptors (Lipinski definition) is 6. The molecule has 0 spiro atoms. The molecular weight excluding hydrogens is 332 g/mol. The van der Waals surface area contributed by atoms with Gasteiger partial charge in [-0.3, -0.25) is 9.88 Å². The van der Waals surface area contributed by atoms with E-state index in [1.807, 2.05) is 18.3 Å². The number of anilines is 1. The van der Waals surface area contributed by atoms with Crippen molar-refractivity contribution in [3.63, 3.8) is 0 Å². The van der Waals surface area contributed by atoms with Gasteiger partial charge in [0.25, 0.3) is 0 Å². The van der Waals surface area contributed by atoms with Crippen molar-refractivity contribution in [2.45, 2.75) is 19.6 Å². The maximum atomic E-state index is 5.93. The lowest BCUT2D eigenvalue weighted by Gasteiger charge is -2.33. The normalized spacial score (nSPS) is 18.5. The van der Waals surface area contributed by atoms with Gasteiger partial charge in [-0.15, -0.1) is 0 Å². The molecule has 4 rings (SSSR count). The van der Waals surface area contributed by atoms with Crippen LogP contribution in [0.1, 0.15) is 11.1 Å². The highest BCUT2D eigenvalue weighted by Gasteiger charge is 2.21. The van der Waals surface area contributed by atoms with Crippen LogP contribution in [0, 0.1) is 6.92 Å². The second-order valence-electron chi connectivity index (χ2n) is 6.48. The number of fused-ring (bicyclic) bond motifs is 1. The highest BCUT2D eigenvalue weighted by Crippen LogP contribution is 2.24. The first-order valence-corrected chi connectivity index (χ1v) is 9.39. The zero-order valence-corrected chi connectivity index (χ0v) is 15.1. The van der Waals surface area contributed by atoms with Crippen molar-refractivity contribution in [3.05, 3.63) is 53.7 Å². The average molecular weight is 354 g/mol. The fraction of sp³-hybridized carbons (Fsp3) is 0.368. The van der Waals surface area contributed by atoms with Crippen molar-refractivity contribution >= 4 is 27.6 Å². The minimum Gasteiger partial charge on any atom is -0.374 e. The molecule has 6 heteroatoms. The van der Waals surface area contributed by atoms with Crippen LogP contribution in [0.15, 0.2) is 42.6 Å². The molecule has 1 atom stereocenters. The standard InChI is InChI=1S/C19H22N4OS/c1-14-4-2-5-15(10-14)12-23-8-9-24-16(13-23)11-21-19-18-17(25-22-19)6-3-7-20-18/h2-7,10,16H,8-9,11-13H2,1H3,(H,21,22). The first-order valence-electron chi connectivity index (χ1n) is 8.62. The first-order chi connectivity index (χ1) is 12.3. The van der Waals surface area contributed by atoms with Gasteiger partial charge < -0.3 is 10.1 Å². The predicted molar refractivity (Wildman–Crippen MR) is 102 cm³/mol. The number of morpholine rings is 1. The van der Waals surface area contributed by atoms with Crippen LogP contribution in [-0.4, -0.2) is 46.6 Å². The summed E-state index contributed by atoms with van der Waals surface area (Å²) in [6.45, 7) is 6.54. The van der Waals surface area contributed by atoms with E-state index in [9.17, 15) is 0 Å². The number of hydrogen-bond donors (Lipinski definition) is 1. The van der Waals surface area contributed by atoms with Crippen LogP contribution in [0.2, 0.25) is 0 Å². The summed E-state index contributed by atoms with van der Waals surface area (Å²) in [7, 11) is 0. The van der Waals surface area contributed by atoms with E-state index < -0.39 is 0 Å². The fourth-order valence-corrected chi connectivity index (χ4v) is 3.94. The van der Waals surface area contributed by atoms with Crippen molar-refractivity contribution in [2.24, 2.45) is 0 Å². The van der Waals surface area contributed by atoms with Gasteiger partial charge in [0.1, 0.15) is 5.52 Å². The molecular formula is C19H22N4OS. The van der Waals surface area contributed by atoms with Gasteiger partial charge in [-0.2, -0.15) is 4.37 Å². The van der Waals surface area contributed by atoms with Crippen LogP contribution in [-0.2, 0) is 11.3 Å². The molecule has 130 valence electrons. The number of ether oxygens (including phenoxy) is 1. The van der Waals surface area contributed by atoms with Crippen LogP contribution in [0.25, 0.3) is 10.2 Å². The number of pyridine rings is 1. The number of aromatic nitrogens is 2. The van der Waals surface area contributed by atoms with Crippen LogP contribution >= 0.6 is 11.5 Å². The molecule has 3 aromatic rings. The molecule has 1 saturated heterocycles. The van der Waals surface area contributed by atoms with Gasteiger partial charge in [0, 0.05) is 32.4 Å². The third-order valence-corrected chi connectivity index (χ3v) is 5.24. The summed E-state index contributed by atoms with van der Waals surface area (Å²) in [6, 6.07) is 12.7. The molecule has 0 saturated carbocycles. The topological polar surface area (TPSA) is 50.3 Å². The quantitative estimate of drug-likeness (QED) is 0.762. The van der Waals surface area contributed by atoms with Crippen LogP contribution in [0.5, 0.6) is 0 Å². The molecule has 5 nitrogen and oxygen atoms in total. The SMILES string of the molecule is Cc1cccc(CN2CCOC(CNc3nsc4cccnc34)C2)c1. The Balaban J connectivity index is 1.35. The zero-order chi connectivity index (χ0) is 17.1. The Kier molecular flexibility index (Phi) is 4.92. The van der Waals surface area contributed by atoms with E-state index in [0.29, 0.717) is 0 Å². The number of aryl methyl sites for hydroxylation is 1. The molecule has 2 aromatic heterocycles. The zero-order valence-electron chi connectivity index (χ0n) is 14.3. The van der Waals surface area contributed by atoms with E-state index in [4.69, 9.17) is 4.74 Å². The van der Waals surface area contributed by atoms with Gasteiger partial charge in [-0.25, -0.2) is 0 Å². The second-order valence-corrected chi connectivity index (χ2v) is 7.28. The Morgan fingerprint density at radius 3 is 3.20 bits per heavy atom. The minimum atomic E-state index is 0.166. The number of nitrogens with zero attached hydrogens (tertiary/aromatic N) is 3. The maximum absolute atomic E-state index is 5.93. The largest absolute Gasteiger partial charge is 0.374 e. The number of benzene rings is 1. The van der Waals surface area contributed by atoms with Crippen molar-refractivity contribution in [2.75, 3.05) is 31.6 Å². The number of nitrogens with one attached hydrogen (secondary N) is 1. The predicted octanol–water partition coefficient (Wildman–Crippen LogP) is 3.31. The van der Waals surface area contributed by atoms with Crippen LogP contribution in [0.3, 0.4) is 0 Å². The van der Waals surface area contributed by atoms with Gasteiger partial charge in [0.05, 0.1) is 17.4 Å². The molecule has 0 aliphatic carbocycles. The molecule has 1 N–H and O–H groups in total. The van der Waals surface area contributed by atoms with E-state index in [0.717, 1.165) is 48.8 Å². The van der Waals surface area contributed by atoms with E-state index >= 15 is 0 Å². The van der Waals surface area contributed by atoms with Crippen LogP contribution in [0.4, 0.5) is 5.82 Å². The lowest BCUT2D eigenvalue weighted by atomic mass is 10.1. The van der Waals surface area contributed by atoms with Gasteiger partial charge in [-0.05, 0) is 36.2 Å². The van der Waals surface area contributed by atoms with Gasteiger partial charge >= 0.3 is 0 Å². The molecule has 1 fully saturated rings. The Labute approximate surface area is 151 Å². The van der Waals surface area contributed by atoms with E-state index in [1.54, 1.807) is 0 Å². The molecule has 25 heavy (non-hydrogen) atoms. The van der Waals surface area contributed by atoms with Gasteiger partial charge in [-0.1, -0.05) is 29.8 Å². The molecule has 1 aliphatic rings. The summed E-state index contributed by atoms with van der Waals surface area (Å²) >= 11 is 1.48. The monoisotopic (exact) mass is 354 g/mol. The van der Waals surface area contributed by atoms with Gasteiger partial charge in [0.15, 0.2) is 5.82 Å². The van der Waals surface area contributed by atoms with Crippen molar-refractivity contribution in [1.29, 1.82) is 0 Å². The third kappa shape index (κ3) is 3.98. The van der Waals surface area contributed by atoms with Crippen molar-refractivity contribution in [3.8, 4) is 0 Å². The number of rotatable bonds is 5. The van der Waals surface area contributed by atoms with E-state index in [-0.39, 0.29) is 6.10 Å². The Morgan fingerprint density at radius 1 is 1.32 bits per heavy atom. The molecule has 0 amide bonds. The van der Waals surface area contributed by atoms with Gasteiger partial charge in [0.2, 0.25) is 0 Å². The fourth-order valence-electron chi connectivity index (χ4n) is 3.22. The Hall–Kier alpha value is -2.02. The highest BCUT2D eigenvalue weighted by molar-refractivity contribution is 7.13. The molecule has 1 aromatic carbocycles. The second kappa shape index (κ2) is 7.47. The molecule has 1 aliphatic heterocycles. The maximum Gasteiger partial charge on any atom is 0.166 e. The summed E-state index contributed by atoms with van der Waals surface area (Å²) in [6.07, 6.45) is 1.97. The summed E-state index contributed by atoms with van der Waals surface area (Å²) in [4.78, 5) is 6.88. The molecule has 3 heterocycles. The summed E-state index contributed by atoms with van der Waals surface area (Å²) in [5.41, 5.74) is 3.62. The van der Waals surface area contributed by atoms with E-state index in [2.05, 4.69) is 50.8 Å². The minimum absolute atomic E-state index is 0.166. The Bertz CT molecular complexity index is 850. The Morgan fingerprint density at radius 2 is 2.28 bits per heavy atom. The van der Waals surface area contributed by atoms with Crippen LogP contribution < -0.4 is 5.32 Å². The van der Waals surface area contributed by atoms with Crippen molar-refractivity contribution in [1.82, 2.24) is 14.3 Å². The smallest absolute Gasteiger partial charge is 0.166 e. The highest BCUT2D eigenvalue weighted by atomic mass is 32.1. The summed E-state index contributed by atoms with van der Waals surface area (Å²) in [5.74, 6) is 0.861. The first kappa shape index (κ1) is 16.4. The lowest BCUT2D eigenvalue weighted by molar-refractivity contribution is -0.0240.